The summed E-state index contributed by atoms with van der Waals surface area (Å²) in [5.74, 6) is 1.21. The highest BCUT2D eigenvalue weighted by Crippen LogP contribution is 2.22. The second kappa shape index (κ2) is 4.88. The first kappa shape index (κ1) is 12.0. The Balaban J connectivity index is 2.13. The van der Waals surface area contributed by atoms with Crippen LogP contribution in [0.1, 0.15) is 11.5 Å². The van der Waals surface area contributed by atoms with Crippen molar-refractivity contribution in [3.63, 3.8) is 0 Å². The molecule has 1 aromatic carbocycles. The van der Waals surface area contributed by atoms with Gasteiger partial charge in [-0.3, -0.25) is 0 Å². The average Bonchev–Trinajstić information content (AvgIpc) is 2.97. The zero-order valence-corrected chi connectivity index (χ0v) is 11.6. The lowest BCUT2D eigenvalue weighted by molar-refractivity contribution is 0.763. The Morgan fingerprint density at radius 2 is 2.22 bits per heavy atom. The number of nitrogens with zero attached hydrogens (tertiary/aromatic N) is 3. The minimum Gasteiger partial charge on any atom is -0.321 e. The van der Waals surface area contributed by atoms with Gasteiger partial charge >= 0.3 is 0 Å². The first-order valence-corrected chi connectivity index (χ1v) is 7.21. The Bertz CT molecular complexity index is 676. The van der Waals surface area contributed by atoms with E-state index < -0.39 is 0 Å². The van der Waals surface area contributed by atoms with Crippen LogP contribution < -0.4 is 0 Å². The fourth-order valence-corrected chi connectivity index (χ4v) is 2.83. The van der Waals surface area contributed by atoms with Crippen LogP contribution in [0.15, 0.2) is 29.1 Å². The van der Waals surface area contributed by atoms with Crippen LogP contribution in [0, 0.1) is 0 Å². The van der Waals surface area contributed by atoms with Gasteiger partial charge in [0.25, 0.3) is 0 Å². The summed E-state index contributed by atoms with van der Waals surface area (Å²) in [5, 5.41) is 2.71. The molecule has 0 amide bonds. The van der Waals surface area contributed by atoms with Gasteiger partial charge in [-0.05, 0) is 18.2 Å². The molecule has 3 nitrogen and oxygen atoms in total. The van der Waals surface area contributed by atoms with E-state index in [4.69, 9.17) is 23.2 Å². The molecule has 0 spiro atoms. The van der Waals surface area contributed by atoms with Crippen LogP contribution in [0.4, 0.5) is 0 Å². The van der Waals surface area contributed by atoms with E-state index in [0.29, 0.717) is 17.4 Å². The second-order valence-corrected chi connectivity index (χ2v) is 5.28. The molecule has 18 heavy (non-hydrogen) atoms. The topological polar surface area (TPSA) is 30.7 Å². The summed E-state index contributed by atoms with van der Waals surface area (Å²) in [6.45, 7) is 0.684. The Labute approximate surface area is 118 Å². The van der Waals surface area contributed by atoms with Crippen LogP contribution in [-0.2, 0) is 12.4 Å². The molecule has 0 fully saturated rings. The highest BCUT2D eigenvalue weighted by Gasteiger charge is 2.11. The van der Waals surface area contributed by atoms with E-state index in [2.05, 4.69) is 14.5 Å². The summed E-state index contributed by atoms with van der Waals surface area (Å²) in [4.78, 5) is 8.79. The molecule has 0 saturated heterocycles. The maximum Gasteiger partial charge on any atom is 0.125 e. The van der Waals surface area contributed by atoms with Crippen molar-refractivity contribution in [1.82, 2.24) is 14.5 Å². The SMILES string of the molecule is ClCc1nc2cc(Cl)ccc2n1Cc1cscn1. The first-order valence-electron chi connectivity index (χ1n) is 5.35. The summed E-state index contributed by atoms with van der Waals surface area (Å²) in [5.41, 5.74) is 4.74. The van der Waals surface area contributed by atoms with Gasteiger partial charge in [-0.25, -0.2) is 9.97 Å². The van der Waals surface area contributed by atoms with Crippen molar-refractivity contribution < 1.29 is 0 Å². The van der Waals surface area contributed by atoms with Crippen molar-refractivity contribution in [2.75, 3.05) is 0 Å². The van der Waals surface area contributed by atoms with Crippen molar-refractivity contribution in [1.29, 1.82) is 0 Å². The maximum absolute atomic E-state index is 5.97. The Morgan fingerprint density at radius 3 is 2.94 bits per heavy atom. The van der Waals surface area contributed by atoms with E-state index in [9.17, 15) is 0 Å². The van der Waals surface area contributed by atoms with E-state index >= 15 is 0 Å². The normalized spacial score (nSPS) is 11.2. The van der Waals surface area contributed by atoms with Crippen LogP contribution in [0.3, 0.4) is 0 Å². The number of halogens is 2. The number of rotatable bonds is 3. The molecule has 0 bridgehead atoms. The monoisotopic (exact) mass is 297 g/mol. The van der Waals surface area contributed by atoms with Crippen molar-refractivity contribution in [3.05, 3.63) is 45.6 Å². The molecule has 0 radical (unpaired) electrons. The van der Waals surface area contributed by atoms with Gasteiger partial charge in [0.1, 0.15) is 5.82 Å². The van der Waals surface area contributed by atoms with Gasteiger partial charge in [-0.1, -0.05) is 11.6 Å². The Kier molecular flexibility index (Phi) is 3.24. The molecule has 0 N–H and O–H groups in total. The van der Waals surface area contributed by atoms with E-state index in [0.717, 1.165) is 22.6 Å². The van der Waals surface area contributed by atoms with Crippen LogP contribution >= 0.6 is 34.5 Å². The van der Waals surface area contributed by atoms with Crippen LogP contribution in [-0.4, -0.2) is 14.5 Å². The van der Waals surface area contributed by atoms with Crippen LogP contribution in [0.5, 0.6) is 0 Å². The lowest BCUT2D eigenvalue weighted by Crippen LogP contribution is -2.03. The predicted molar refractivity (Wildman–Crippen MR) is 75.5 cm³/mol. The number of benzene rings is 1. The molecule has 0 atom stereocenters. The highest BCUT2D eigenvalue weighted by molar-refractivity contribution is 7.07. The number of hydrogen-bond donors (Lipinski definition) is 0. The summed E-state index contributed by atoms with van der Waals surface area (Å²) < 4.78 is 2.08. The third kappa shape index (κ3) is 2.11. The molecule has 0 saturated carbocycles. The third-order valence-electron chi connectivity index (χ3n) is 2.71. The third-order valence-corrected chi connectivity index (χ3v) is 3.82. The summed E-state index contributed by atoms with van der Waals surface area (Å²) in [6.07, 6.45) is 0. The molecule has 0 unspecified atom stereocenters. The van der Waals surface area contributed by atoms with E-state index in [-0.39, 0.29) is 0 Å². The molecule has 3 aromatic rings. The molecule has 0 aliphatic rings. The molecule has 2 aromatic heterocycles. The highest BCUT2D eigenvalue weighted by atomic mass is 35.5. The second-order valence-electron chi connectivity index (χ2n) is 3.86. The average molecular weight is 298 g/mol. The lowest BCUT2D eigenvalue weighted by atomic mass is 10.3. The zero-order chi connectivity index (χ0) is 12.5. The summed E-state index contributed by atoms with van der Waals surface area (Å²) >= 11 is 13.5. The molecule has 92 valence electrons. The van der Waals surface area contributed by atoms with Crippen molar-refractivity contribution >= 4 is 45.6 Å². The van der Waals surface area contributed by atoms with Gasteiger partial charge in [0.05, 0.1) is 34.7 Å². The summed E-state index contributed by atoms with van der Waals surface area (Å²) in [7, 11) is 0. The van der Waals surface area contributed by atoms with Crippen LogP contribution in [0.25, 0.3) is 11.0 Å². The number of alkyl halides is 1. The van der Waals surface area contributed by atoms with Gasteiger partial charge in [-0.2, -0.15) is 0 Å². The first-order chi connectivity index (χ1) is 8.78. The van der Waals surface area contributed by atoms with Gasteiger partial charge < -0.3 is 4.57 Å². The fourth-order valence-electron chi connectivity index (χ4n) is 1.91. The van der Waals surface area contributed by atoms with Crippen molar-refractivity contribution in [3.8, 4) is 0 Å². The maximum atomic E-state index is 5.97. The number of thiazole rings is 1. The number of aromatic nitrogens is 3. The number of hydrogen-bond acceptors (Lipinski definition) is 3. The van der Waals surface area contributed by atoms with E-state index in [1.165, 1.54) is 0 Å². The molecule has 2 heterocycles. The lowest BCUT2D eigenvalue weighted by Gasteiger charge is -2.05. The summed E-state index contributed by atoms with van der Waals surface area (Å²) in [6, 6.07) is 5.68. The Morgan fingerprint density at radius 1 is 1.33 bits per heavy atom. The zero-order valence-electron chi connectivity index (χ0n) is 9.31. The molecule has 0 aliphatic heterocycles. The minimum absolute atomic E-state index is 0.371. The van der Waals surface area contributed by atoms with Crippen LogP contribution in [0.2, 0.25) is 5.02 Å². The molecule has 6 heteroatoms. The van der Waals surface area contributed by atoms with Gasteiger partial charge in [0.2, 0.25) is 0 Å². The Hall–Kier alpha value is -1.10. The number of imidazole rings is 1. The predicted octanol–water partition coefficient (Wildman–Crippen LogP) is 3.93. The smallest absolute Gasteiger partial charge is 0.125 e. The molecular weight excluding hydrogens is 289 g/mol. The molecule has 0 aliphatic carbocycles. The van der Waals surface area contributed by atoms with Gasteiger partial charge in [0.15, 0.2) is 0 Å². The largest absolute Gasteiger partial charge is 0.321 e. The number of fused-ring (bicyclic) bond motifs is 1. The minimum atomic E-state index is 0.371. The fraction of sp³-hybridized carbons (Fsp3) is 0.167. The molecular formula is C12H9Cl2N3S. The molecule has 3 rings (SSSR count). The van der Waals surface area contributed by atoms with E-state index in [1.54, 1.807) is 11.3 Å². The van der Waals surface area contributed by atoms with Gasteiger partial charge in [-0.15, -0.1) is 22.9 Å². The van der Waals surface area contributed by atoms with E-state index in [1.807, 2.05) is 29.1 Å². The van der Waals surface area contributed by atoms with Crippen molar-refractivity contribution in [2.24, 2.45) is 0 Å². The standard InChI is InChI=1S/C12H9Cl2N3S/c13-4-12-16-10-3-8(14)1-2-11(10)17(12)5-9-6-18-7-15-9/h1-3,6-7H,4-5H2. The van der Waals surface area contributed by atoms with Gasteiger partial charge in [0, 0.05) is 10.4 Å². The van der Waals surface area contributed by atoms with Crippen molar-refractivity contribution in [2.45, 2.75) is 12.4 Å². The quantitative estimate of drug-likeness (QED) is 0.686.